The minimum Gasteiger partial charge on any atom is -0.489 e. The Morgan fingerprint density at radius 1 is 1.00 bits per heavy atom. The standard InChI is InChI=1S/C35H39ClN4O4/c1-21(2)40-22(3)29-19-26(11-15-31(29)38-40)24-7-9-25(10-8-24)33(41)34(42)37-23(4)35(43,39-17-5-6-18-39)27-12-16-32(30(36)20-27)44-28-13-14-28/h7-12,15-16,19-21,23,28,43H,5-6,13-14,17-18H2,1-4H3,(H,37,42)/t23-,35+/m1/s1. The first-order valence-electron chi connectivity index (χ1n) is 15.4. The molecule has 0 unspecified atom stereocenters. The second-order valence-corrected chi connectivity index (χ2v) is 12.7. The number of nitrogens with one attached hydrogen (secondary N) is 1. The molecule has 2 aliphatic rings. The van der Waals surface area contributed by atoms with Crippen LogP contribution in [0.2, 0.25) is 5.02 Å². The van der Waals surface area contributed by atoms with Crippen molar-refractivity contribution >= 4 is 34.2 Å². The number of carbonyl (C=O) groups excluding carboxylic acids is 2. The van der Waals surface area contributed by atoms with Crippen LogP contribution in [-0.4, -0.2) is 56.7 Å². The summed E-state index contributed by atoms with van der Waals surface area (Å²) in [6.07, 6.45) is 4.07. The minimum absolute atomic E-state index is 0.192. The highest BCUT2D eigenvalue weighted by atomic mass is 35.5. The van der Waals surface area contributed by atoms with Crippen LogP contribution in [0.3, 0.4) is 0 Å². The zero-order valence-electron chi connectivity index (χ0n) is 25.6. The van der Waals surface area contributed by atoms with Crippen LogP contribution in [0.5, 0.6) is 5.75 Å². The third kappa shape index (κ3) is 5.74. The van der Waals surface area contributed by atoms with Crippen molar-refractivity contribution < 1.29 is 19.4 Å². The number of benzene rings is 3. The molecular formula is C35H39ClN4O4. The SMILES string of the molecule is Cc1c2cc(-c3ccc(C(=O)C(=O)N[C@H](C)[C@](O)(c4ccc(OC5CC5)c(Cl)c4)N4CCCC4)cc3)ccc2nn1C(C)C. The van der Waals surface area contributed by atoms with Gasteiger partial charge in [0, 0.05) is 41.3 Å². The normalized spacial score (nSPS) is 17.5. The number of amides is 1. The molecule has 44 heavy (non-hydrogen) atoms. The third-order valence-corrected chi connectivity index (χ3v) is 9.13. The smallest absolute Gasteiger partial charge is 0.292 e. The van der Waals surface area contributed by atoms with E-state index in [1.54, 1.807) is 37.3 Å². The van der Waals surface area contributed by atoms with Crippen molar-refractivity contribution in [1.29, 1.82) is 0 Å². The van der Waals surface area contributed by atoms with Crippen molar-refractivity contribution in [3.63, 3.8) is 0 Å². The number of aryl methyl sites for hydroxylation is 1. The van der Waals surface area contributed by atoms with Gasteiger partial charge in [-0.15, -0.1) is 0 Å². The molecule has 1 aliphatic heterocycles. The lowest BCUT2D eigenvalue weighted by atomic mass is 9.93. The third-order valence-electron chi connectivity index (χ3n) is 8.84. The van der Waals surface area contributed by atoms with Gasteiger partial charge < -0.3 is 15.2 Å². The summed E-state index contributed by atoms with van der Waals surface area (Å²) in [4.78, 5) is 28.4. The number of fused-ring (bicyclic) bond motifs is 1. The van der Waals surface area contributed by atoms with Gasteiger partial charge in [-0.3, -0.25) is 19.2 Å². The summed E-state index contributed by atoms with van der Waals surface area (Å²) in [5, 5.41) is 21.1. The van der Waals surface area contributed by atoms with E-state index in [9.17, 15) is 14.7 Å². The fourth-order valence-electron chi connectivity index (χ4n) is 6.17. The van der Waals surface area contributed by atoms with E-state index in [-0.39, 0.29) is 17.7 Å². The predicted octanol–water partition coefficient (Wildman–Crippen LogP) is 6.42. The number of hydrogen-bond donors (Lipinski definition) is 2. The van der Waals surface area contributed by atoms with E-state index >= 15 is 0 Å². The number of likely N-dealkylation sites (tertiary alicyclic amines) is 1. The fraction of sp³-hybridized carbons (Fsp3) is 0.400. The molecule has 1 saturated heterocycles. The van der Waals surface area contributed by atoms with Gasteiger partial charge in [-0.2, -0.15) is 5.10 Å². The monoisotopic (exact) mass is 614 g/mol. The molecule has 2 N–H and O–H groups in total. The maximum Gasteiger partial charge on any atom is 0.292 e. The van der Waals surface area contributed by atoms with E-state index in [4.69, 9.17) is 21.4 Å². The maximum absolute atomic E-state index is 13.3. The second-order valence-electron chi connectivity index (χ2n) is 12.3. The van der Waals surface area contributed by atoms with Gasteiger partial charge in [-0.1, -0.05) is 48.0 Å². The first-order chi connectivity index (χ1) is 21.1. The van der Waals surface area contributed by atoms with Gasteiger partial charge in [0.1, 0.15) is 5.75 Å². The van der Waals surface area contributed by atoms with Crippen molar-refractivity contribution in [3.8, 4) is 16.9 Å². The van der Waals surface area contributed by atoms with Crippen LogP contribution < -0.4 is 10.1 Å². The van der Waals surface area contributed by atoms with Gasteiger partial charge in [-0.05, 0) is 88.8 Å². The van der Waals surface area contributed by atoms with Crippen molar-refractivity contribution in [3.05, 3.63) is 82.5 Å². The first-order valence-corrected chi connectivity index (χ1v) is 15.8. The highest BCUT2D eigenvalue weighted by molar-refractivity contribution is 6.42. The Labute approximate surface area is 263 Å². The number of aromatic nitrogens is 2. The fourth-order valence-corrected chi connectivity index (χ4v) is 6.40. The van der Waals surface area contributed by atoms with E-state index < -0.39 is 23.5 Å². The average molecular weight is 615 g/mol. The van der Waals surface area contributed by atoms with Gasteiger partial charge in [0.05, 0.1) is 22.7 Å². The van der Waals surface area contributed by atoms with Crippen LogP contribution in [0.25, 0.3) is 22.0 Å². The van der Waals surface area contributed by atoms with E-state index in [0.29, 0.717) is 29.4 Å². The number of carbonyl (C=O) groups is 2. The van der Waals surface area contributed by atoms with Gasteiger partial charge >= 0.3 is 0 Å². The lowest BCUT2D eigenvalue weighted by Gasteiger charge is -2.42. The quantitative estimate of drug-likeness (QED) is 0.158. The number of hydrogen-bond acceptors (Lipinski definition) is 6. The Balaban J connectivity index is 1.19. The first kappa shape index (κ1) is 30.3. The van der Waals surface area contributed by atoms with Crippen LogP contribution in [0.1, 0.15) is 74.1 Å². The van der Waals surface area contributed by atoms with E-state index in [1.807, 2.05) is 33.8 Å². The topological polar surface area (TPSA) is 96.7 Å². The molecule has 2 fully saturated rings. The van der Waals surface area contributed by atoms with E-state index in [1.165, 1.54) is 0 Å². The van der Waals surface area contributed by atoms with E-state index in [2.05, 4.69) is 32.2 Å². The lowest BCUT2D eigenvalue weighted by Crippen LogP contribution is -2.59. The molecular weight excluding hydrogens is 576 g/mol. The van der Waals surface area contributed by atoms with Crippen LogP contribution in [-0.2, 0) is 10.5 Å². The van der Waals surface area contributed by atoms with Gasteiger partial charge in [0.15, 0.2) is 5.72 Å². The zero-order valence-corrected chi connectivity index (χ0v) is 26.4. The number of Topliss-reactive ketones (excluding diaryl/α,β-unsaturated/α-hetero) is 1. The molecule has 9 heteroatoms. The van der Waals surface area contributed by atoms with E-state index in [0.717, 1.165) is 53.4 Å². The minimum atomic E-state index is -1.56. The van der Waals surface area contributed by atoms with Gasteiger partial charge in [0.2, 0.25) is 5.78 Å². The maximum atomic E-state index is 13.3. The number of rotatable bonds is 10. The number of halogens is 1. The molecule has 0 spiro atoms. The number of ether oxygens (including phenoxy) is 1. The number of ketones is 1. The van der Waals surface area contributed by atoms with Crippen LogP contribution in [0, 0.1) is 6.92 Å². The highest BCUT2D eigenvalue weighted by Crippen LogP contribution is 2.38. The summed E-state index contributed by atoms with van der Waals surface area (Å²) in [7, 11) is 0. The zero-order chi connectivity index (χ0) is 31.2. The Kier molecular flexibility index (Phi) is 8.26. The molecule has 4 aromatic rings. The molecule has 8 nitrogen and oxygen atoms in total. The molecule has 2 heterocycles. The summed E-state index contributed by atoms with van der Waals surface area (Å²) in [5.41, 5.74) is 3.25. The molecule has 1 aromatic heterocycles. The van der Waals surface area contributed by atoms with Crippen molar-refractivity contribution in [2.45, 2.75) is 77.3 Å². The van der Waals surface area contributed by atoms with Crippen molar-refractivity contribution in [1.82, 2.24) is 20.0 Å². The molecule has 1 aliphatic carbocycles. The molecule has 6 rings (SSSR count). The molecule has 0 bridgehead atoms. The number of nitrogens with zero attached hydrogens (tertiary/aromatic N) is 3. The molecule has 3 aromatic carbocycles. The second kappa shape index (κ2) is 12.0. The van der Waals surface area contributed by atoms with Crippen molar-refractivity contribution in [2.75, 3.05) is 13.1 Å². The molecule has 0 radical (unpaired) electrons. The van der Waals surface area contributed by atoms with Crippen molar-refractivity contribution in [2.24, 2.45) is 0 Å². The Hall–Kier alpha value is -3.72. The lowest BCUT2D eigenvalue weighted by molar-refractivity contribution is -0.139. The van der Waals surface area contributed by atoms with Crippen LogP contribution >= 0.6 is 11.6 Å². The Morgan fingerprint density at radius 2 is 1.68 bits per heavy atom. The molecule has 1 amide bonds. The highest BCUT2D eigenvalue weighted by Gasteiger charge is 2.44. The summed E-state index contributed by atoms with van der Waals surface area (Å²) >= 11 is 6.56. The summed E-state index contributed by atoms with van der Waals surface area (Å²) in [6, 6.07) is 17.9. The molecule has 230 valence electrons. The number of aliphatic hydroxyl groups is 1. The van der Waals surface area contributed by atoms with Crippen LogP contribution in [0.15, 0.2) is 60.7 Å². The van der Waals surface area contributed by atoms with Crippen LogP contribution in [0.4, 0.5) is 0 Å². The summed E-state index contributed by atoms with van der Waals surface area (Å²) < 4.78 is 7.90. The average Bonchev–Trinajstić information content (AvgIpc) is 3.53. The molecule has 1 saturated carbocycles. The Morgan fingerprint density at radius 3 is 2.32 bits per heavy atom. The Bertz CT molecular complexity index is 1710. The van der Waals surface area contributed by atoms with Gasteiger partial charge in [0.25, 0.3) is 5.91 Å². The summed E-state index contributed by atoms with van der Waals surface area (Å²) in [6.45, 7) is 9.32. The van der Waals surface area contributed by atoms with Gasteiger partial charge in [-0.25, -0.2) is 0 Å². The predicted molar refractivity (Wildman–Crippen MR) is 172 cm³/mol. The summed E-state index contributed by atoms with van der Waals surface area (Å²) in [5.74, 6) is -0.860. The largest absolute Gasteiger partial charge is 0.489 e. The molecule has 2 atom stereocenters.